The zero-order chi connectivity index (χ0) is 24.0. The van der Waals surface area contributed by atoms with Crippen molar-refractivity contribution in [2.75, 3.05) is 24.4 Å². The van der Waals surface area contributed by atoms with Crippen molar-refractivity contribution in [2.24, 2.45) is 0 Å². The molecule has 33 heavy (non-hydrogen) atoms. The number of halogens is 2. The van der Waals surface area contributed by atoms with Gasteiger partial charge in [0.2, 0.25) is 11.8 Å². The van der Waals surface area contributed by atoms with Crippen molar-refractivity contribution >= 4 is 17.4 Å². The molecule has 1 heterocycles. The van der Waals surface area contributed by atoms with Crippen LogP contribution in [0.5, 0.6) is 11.8 Å². The van der Waals surface area contributed by atoms with E-state index in [-0.39, 0.29) is 29.6 Å². The number of nitrogens with one attached hydrogen (secondary N) is 1. The van der Waals surface area contributed by atoms with E-state index in [1.54, 1.807) is 12.0 Å². The summed E-state index contributed by atoms with van der Waals surface area (Å²) in [6.07, 6.45) is 3.36. The fourth-order valence-corrected chi connectivity index (χ4v) is 4.19. The molecule has 1 aliphatic carbocycles. The summed E-state index contributed by atoms with van der Waals surface area (Å²) in [5.41, 5.74) is 1.86. The van der Waals surface area contributed by atoms with Crippen LogP contribution in [0.3, 0.4) is 0 Å². The van der Waals surface area contributed by atoms with Crippen molar-refractivity contribution < 1.29 is 27.8 Å². The number of ether oxygens (including phenoxy) is 3. The molecule has 3 rings (SSSR count). The summed E-state index contributed by atoms with van der Waals surface area (Å²) in [4.78, 5) is 19.3. The molecule has 0 bridgehead atoms. The summed E-state index contributed by atoms with van der Waals surface area (Å²) >= 11 is 0. The third-order valence-electron chi connectivity index (χ3n) is 5.87. The van der Waals surface area contributed by atoms with Crippen LogP contribution in [0, 0.1) is 0 Å². The summed E-state index contributed by atoms with van der Waals surface area (Å²) in [7, 11) is 3.07. The summed E-state index contributed by atoms with van der Waals surface area (Å²) in [6.45, 7) is 1.04. The number of alkyl halides is 2. The van der Waals surface area contributed by atoms with E-state index in [0.717, 1.165) is 36.9 Å². The Morgan fingerprint density at radius 3 is 2.39 bits per heavy atom. The quantitative estimate of drug-likeness (QED) is 0.535. The van der Waals surface area contributed by atoms with Gasteiger partial charge >= 0.3 is 12.6 Å². The van der Waals surface area contributed by atoms with Crippen molar-refractivity contribution in [1.29, 1.82) is 0 Å². The van der Waals surface area contributed by atoms with Crippen molar-refractivity contribution in [3.05, 3.63) is 42.0 Å². The lowest BCUT2D eigenvalue weighted by Crippen LogP contribution is -2.46. The van der Waals surface area contributed by atoms with Gasteiger partial charge in [-0.15, -0.1) is 0 Å². The topological polar surface area (TPSA) is 72.9 Å². The molecule has 1 fully saturated rings. The van der Waals surface area contributed by atoms with Gasteiger partial charge in [-0.25, -0.2) is 4.79 Å². The highest BCUT2D eigenvalue weighted by molar-refractivity contribution is 6.03. The van der Waals surface area contributed by atoms with Crippen LogP contribution >= 0.6 is 0 Å². The lowest BCUT2D eigenvalue weighted by atomic mass is 9.90. The first-order valence-corrected chi connectivity index (χ1v) is 11.1. The molecule has 1 aromatic carbocycles. The molecular weight excluding hydrogens is 432 g/mol. The number of hydrogen-bond acceptors (Lipinski definition) is 5. The average Bonchev–Trinajstić information content (AvgIpc) is 2.80. The number of nitrogens with zero attached hydrogens (tertiary/aromatic N) is 2. The molecular formula is C24H31F2N3O4. The number of hydrogen-bond donors (Lipinski definition) is 1. The first kappa shape index (κ1) is 24.7. The van der Waals surface area contributed by atoms with Crippen LogP contribution < -0.4 is 19.7 Å². The predicted octanol–water partition coefficient (Wildman–Crippen LogP) is 5.81. The van der Waals surface area contributed by atoms with Crippen molar-refractivity contribution in [3.8, 4) is 11.8 Å². The molecule has 1 aromatic heterocycles. The Hall–Kier alpha value is -2.94. The molecule has 2 amide bonds. The number of carbonyl (C=O) groups is 1. The number of para-hydroxylation sites is 1. The number of anilines is 2. The largest absolute Gasteiger partial charge is 0.481 e. The molecule has 7 nitrogen and oxygen atoms in total. The van der Waals surface area contributed by atoms with E-state index in [1.165, 1.54) is 19.2 Å². The highest BCUT2D eigenvalue weighted by atomic mass is 19.3. The second-order valence-corrected chi connectivity index (χ2v) is 8.26. The Morgan fingerprint density at radius 1 is 1.09 bits per heavy atom. The Balaban J connectivity index is 1.96. The molecule has 1 saturated carbocycles. The fraction of sp³-hybridized carbons (Fsp3) is 0.500. The highest BCUT2D eigenvalue weighted by Gasteiger charge is 2.32. The lowest BCUT2D eigenvalue weighted by molar-refractivity contribution is -0.0525. The van der Waals surface area contributed by atoms with Gasteiger partial charge in [-0.3, -0.25) is 4.90 Å². The van der Waals surface area contributed by atoms with Gasteiger partial charge in [0.15, 0.2) is 0 Å². The zero-order valence-electron chi connectivity index (χ0n) is 19.4. The van der Waals surface area contributed by atoms with Crippen LogP contribution in [-0.2, 0) is 4.74 Å². The summed E-state index contributed by atoms with van der Waals surface area (Å²) in [5.74, 6) is -0.117. The van der Waals surface area contributed by atoms with E-state index >= 15 is 0 Å². The van der Waals surface area contributed by atoms with Gasteiger partial charge in [0.1, 0.15) is 5.69 Å². The first-order chi connectivity index (χ1) is 15.8. The zero-order valence-corrected chi connectivity index (χ0v) is 19.4. The third-order valence-corrected chi connectivity index (χ3v) is 5.87. The number of benzene rings is 1. The van der Waals surface area contributed by atoms with Gasteiger partial charge in [-0.1, -0.05) is 32.0 Å². The Morgan fingerprint density at radius 2 is 1.79 bits per heavy atom. The monoisotopic (exact) mass is 463 g/mol. The SMILES string of the molecule is COc1ccc(NC(=O)N(c2ccccc2C(C)C)C2CCC(OC)CC2)c(OC(F)F)n1. The number of aromatic nitrogens is 1. The maximum Gasteiger partial charge on any atom is 0.388 e. The predicted molar refractivity (Wildman–Crippen MR) is 123 cm³/mol. The van der Waals surface area contributed by atoms with E-state index in [1.807, 2.05) is 24.3 Å². The molecule has 180 valence electrons. The molecule has 0 unspecified atom stereocenters. The number of amides is 2. The molecule has 0 atom stereocenters. The molecule has 0 radical (unpaired) electrons. The van der Waals surface area contributed by atoms with E-state index in [0.29, 0.717) is 0 Å². The second-order valence-electron chi connectivity index (χ2n) is 8.26. The van der Waals surface area contributed by atoms with Crippen molar-refractivity contribution in [1.82, 2.24) is 4.98 Å². The van der Waals surface area contributed by atoms with E-state index in [4.69, 9.17) is 9.47 Å². The maximum atomic E-state index is 13.6. The van der Waals surface area contributed by atoms with Gasteiger partial charge in [-0.05, 0) is 49.3 Å². The number of carbonyl (C=O) groups excluding carboxylic acids is 1. The Kier molecular flexibility index (Phi) is 8.43. The molecule has 2 aromatic rings. The molecule has 0 spiro atoms. The first-order valence-electron chi connectivity index (χ1n) is 11.1. The standard InChI is InChI=1S/C24H31F2N3O4/c1-15(2)18-7-5-6-8-20(18)29(16-9-11-17(31-3)12-10-16)24(30)27-19-13-14-21(32-4)28-22(19)33-23(25)26/h5-8,13-17,23H,9-12H2,1-4H3,(H,27,30). The van der Waals surface area contributed by atoms with Crippen molar-refractivity contribution in [2.45, 2.75) is 64.2 Å². The number of pyridine rings is 1. The highest BCUT2D eigenvalue weighted by Crippen LogP contribution is 2.35. The van der Waals surface area contributed by atoms with Crippen LogP contribution in [0.2, 0.25) is 0 Å². The van der Waals surface area contributed by atoms with Gasteiger partial charge in [0, 0.05) is 24.9 Å². The molecule has 0 aliphatic heterocycles. The number of rotatable bonds is 8. The molecule has 1 aliphatic rings. The van der Waals surface area contributed by atoms with Crippen LogP contribution in [-0.4, -0.2) is 44.0 Å². The summed E-state index contributed by atoms with van der Waals surface area (Å²) in [5, 5.41) is 2.73. The Bertz CT molecular complexity index is 934. The van der Waals surface area contributed by atoms with Crippen molar-refractivity contribution in [3.63, 3.8) is 0 Å². The fourth-order valence-electron chi connectivity index (χ4n) is 4.19. The van der Waals surface area contributed by atoms with Gasteiger partial charge in [0.05, 0.1) is 13.2 Å². The maximum absolute atomic E-state index is 13.6. The van der Waals surface area contributed by atoms with Gasteiger partial charge in [0.25, 0.3) is 0 Å². The van der Waals surface area contributed by atoms with E-state index in [2.05, 4.69) is 28.9 Å². The van der Waals surface area contributed by atoms with Crippen LogP contribution in [0.25, 0.3) is 0 Å². The minimum atomic E-state index is -3.10. The minimum Gasteiger partial charge on any atom is -0.481 e. The van der Waals surface area contributed by atoms with Crippen LogP contribution in [0.4, 0.5) is 25.0 Å². The lowest BCUT2D eigenvalue weighted by Gasteiger charge is -2.38. The summed E-state index contributed by atoms with van der Waals surface area (Å²) < 4.78 is 41.0. The van der Waals surface area contributed by atoms with Crippen LogP contribution in [0.1, 0.15) is 51.0 Å². The minimum absolute atomic E-state index is 0.0405. The normalized spacial score (nSPS) is 18.3. The average molecular weight is 464 g/mol. The van der Waals surface area contributed by atoms with Crippen LogP contribution in [0.15, 0.2) is 36.4 Å². The second kappa shape index (κ2) is 11.3. The molecule has 9 heteroatoms. The molecule has 0 saturated heterocycles. The third kappa shape index (κ3) is 6.10. The van der Waals surface area contributed by atoms with Gasteiger partial charge < -0.3 is 19.5 Å². The Labute approximate surface area is 193 Å². The number of methoxy groups -OCH3 is 2. The van der Waals surface area contributed by atoms with Gasteiger partial charge in [-0.2, -0.15) is 13.8 Å². The van der Waals surface area contributed by atoms with E-state index < -0.39 is 18.5 Å². The molecule has 1 N–H and O–H groups in total. The number of urea groups is 1. The summed E-state index contributed by atoms with van der Waals surface area (Å²) in [6, 6.07) is 10.2. The van der Waals surface area contributed by atoms with E-state index in [9.17, 15) is 13.6 Å². The smallest absolute Gasteiger partial charge is 0.388 e.